The average Bonchev–Trinajstić information content (AvgIpc) is 2.56. The van der Waals surface area contributed by atoms with E-state index in [9.17, 15) is 4.79 Å². The summed E-state index contributed by atoms with van der Waals surface area (Å²) in [4.78, 5) is 15.3. The molecule has 21 heavy (non-hydrogen) atoms. The standard InChI is InChI=1S/C18H13NO2/c20-18(21)16-9-10-19-17(12-16)15-8-4-7-14(11-15)13-5-2-1-3-6-13/h1-12H,(H,20,21). The van der Waals surface area contributed by atoms with E-state index in [1.165, 1.54) is 12.3 Å². The van der Waals surface area contributed by atoms with E-state index in [1.54, 1.807) is 6.07 Å². The average molecular weight is 275 g/mol. The number of carbonyl (C=O) groups is 1. The third kappa shape index (κ3) is 2.82. The molecule has 2 aromatic carbocycles. The van der Waals surface area contributed by atoms with Crippen molar-refractivity contribution in [3.05, 3.63) is 78.5 Å². The molecule has 0 aliphatic heterocycles. The van der Waals surface area contributed by atoms with Crippen molar-refractivity contribution in [1.82, 2.24) is 4.98 Å². The van der Waals surface area contributed by atoms with E-state index in [1.807, 2.05) is 54.6 Å². The van der Waals surface area contributed by atoms with Gasteiger partial charge in [-0.3, -0.25) is 4.98 Å². The molecule has 1 aromatic heterocycles. The Morgan fingerprint density at radius 2 is 1.52 bits per heavy atom. The third-order valence-electron chi connectivity index (χ3n) is 3.27. The van der Waals surface area contributed by atoms with E-state index >= 15 is 0 Å². The van der Waals surface area contributed by atoms with Gasteiger partial charge in [0.15, 0.2) is 0 Å². The molecule has 0 unspecified atom stereocenters. The molecule has 0 aliphatic rings. The number of hydrogen-bond acceptors (Lipinski definition) is 2. The highest BCUT2D eigenvalue weighted by molar-refractivity contribution is 5.89. The van der Waals surface area contributed by atoms with E-state index in [-0.39, 0.29) is 5.56 Å². The molecule has 0 atom stereocenters. The van der Waals surface area contributed by atoms with Gasteiger partial charge in [-0.25, -0.2) is 4.79 Å². The van der Waals surface area contributed by atoms with Crippen LogP contribution in [0.3, 0.4) is 0 Å². The number of hydrogen-bond donors (Lipinski definition) is 1. The van der Waals surface area contributed by atoms with Crippen LogP contribution in [-0.2, 0) is 0 Å². The summed E-state index contributed by atoms with van der Waals surface area (Å²) in [6.07, 6.45) is 1.52. The van der Waals surface area contributed by atoms with Crippen LogP contribution in [0.5, 0.6) is 0 Å². The number of carboxylic acid groups (broad SMARTS) is 1. The zero-order valence-corrected chi connectivity index (χ0v) is 11.2. The first-order valence-electron chi connectivity index (χ1n) is 6.59. The van der Waals surface area contributed by atoms with Crippen molar-refractivity contribution in [3.8, 4) is 22.4 Å². The van der Waals surface area contributed by atoms with Crippen molar-refractivity contribution < 1.29 is 9.90 Å². The summed E-state index contributed by atoms with van der Waals surface area (Å²) in [5.41, 5.74) is 4.00. The molecular weight excluding hydrogens is 262 g/mol. The fourth-order valence-corrected chi connectivity index (χ4v) is 2.21. The molecule has 0 fully saturated rings. The fraction of sp³-hybridized carbons (Fsp3) is 0. The Labute approximate surface area is 122 Å². The van der Waals surface area contributed by atoms with Crippen LogP contribution < -0.4 is 0 Å². The lowest BCUT2D eigenvalue weighted by Crippen LogP contribution is -1.97. The summed E-state index contributed by atoms with van der Waals surface area (Å²) in [5, 5.41) is 9.06. The molecule has 0 saturated carbocycles. The minimum absolute atomic E-state index is 0.241. The van der Waals surface area contributed by atoms with Crippen LogP contribution >= 0.6 is 0 Å². The van der Waals surface area contributed by atoms with E-state index in [0.717, 1.165) is 16.7 Å². The zero-order chi connectivity index (χ0) is 14.7. The van der Waals surface area contributed by atoms with Crippen LogP contribution in [0.25, 0.3) is 22.4 Å². The lowest BCUT2D eigenvalue weighted by atomic mass is 10.0. The molecule has 3 heteroatoms. The van der Waals surface area contributed by atoms with E-state index in [0.29, 0.717) is 5.69 Å². The minimum atomic E-state index is -0.946. The van der Waals surface area contributed by atoms with Crippen molar-refractivity contribution in [2.24, 2.45) is 0 Å². The van der Waals surface area contributed by atoms with Gasteiger partial charge < -0.3 is 5.11 Å². The topological polar surface area (TPSA) is 50.2 Å². The van der Waals surface area contributed by atoms with Gasteiger partial charge in [0.05, 0.1) is 11.3 Å². The molecule has 3 aromatic rings. The van der Waals surface area contributed by atoms with Gasteiger partial charge in [0.2, 0.25) is 0 Å². The highest BCUT2D eigenvalue weighted by atomic mass is 16.4. The number of nitrogens with zero attached hydrogens (tertiary/aromatic N) is 1. The van der Waals surface area contributed by atoms with Crippen LogP contribution in [0.2, 0.25) is 0 Å². The monoisotopic (exact) mass is 275 g/mol. The maximum absolute atomic E-state index is 11.0. The van der Waals surface area contributed by atoms with Crippen molar-refractivity contribution >= 4 is 5.97 Å². The van der Waals surface area contributed by atoms with Gasteiger partial charge in [0.25, 0.3) is 0 Å². The molecule has 0 spiro atoms. The van der Waals surface area contributed by atoms with Crippen molar-refractivity contribution in [2.45, 2.75) is 0 Å². The van der Waals surface area contributed by atoms with Crippen molar-refractivity contribution in [2.75, 3.05) is 0 Å². The largest absolute Gasteiger partial charge is 0.478 e. The quantitative estimate of drug-likeness (QED) is 0.782. The Kier molecular flexibility index (Phi) is 3.48. The lowest BCUT2D eigenvalue weighted by Gasteiger charge is -2.06. The van der Waals surface area contributed by atoms with Gasteiger partial charge in [0.1, 0.15) is 0 Å². The van der Waals surface area contributed by atoms with Crippen LogP contribution in [0, 0.1) is 0 Å². The second kappa shape index (κ2) is 5.59. The van der Waals surface area contributed by atoms with Gasteiger partial charge in [0, 0.05) is 11.8 Å². The van der Waals surface area contributed by atoms with Gasteiger partial charge >= 0.3 is 5.97 Å². The smallest absolute Gasteiger partial charge is 0.335 e. The van der Waals surface area contributed by atoms with Crippen molar-refractivity contribution in [3.63, 3.8) is 0 Å². The number of pyridine rings is 1. The van der Waals surface area contributed by atoms with Crippen LogP contribution in [0.4, 0.5) is 0 Å². The number of benzene rings is 2. The molecule has 102 valence electrons. The molecule has 0 amide bonds. The summed E-state index contributed by atoms with van der Waals surface area (Å²) < 4.78 is 0. The first-order chi connectivity index (χ1) is 10.2. The summed E-state index contributed by atoms with van der Waals surface area (Å²) in [6.45, 7) is 0. The Morgan fingerprint density at radius 1 is 0.810 bits per heavy atom. The maximum Gasteiger partial charge on any atom is 0.335 e. The van der Waals surface area contributed by atoms with E-state index in [2.05, 4.69) is 4.98 Å². The SMILES string of the molecule is O=C(O)c1ccnc(-c2cccc(-c3ccccc3)c2)c1. The predicted octanol–water partition coefficient (Wildman–Crippen LogP) is 4.11. The summed E-state index contributed by atoms with van der Waals surface area (Å²) in [7, 11) is 0. The number of aromatic nitrogens is 1. The van der Waals surface area contributed by atoms with Gasteiger partial charge in [-0.05, 0) is 29.3 Å². The molecule has 3 rings (SSSR count). The first kappa shape index (κ1) is 13.1. The Bertz CT molecular complexity index is 782. The molecular formula is C18H13NO2. The second-order valence-electron chi connectivity index (χ2n) is 4.68. The molecule has 0 bridgehead atoms. The summed E-state index contributed by atoms with van der Waals surface area (Å²) >= 11 is 0. The predicted molar refractivity (Wildman–Crippen MR) is 82.1 cm³/mol. The highest BCUT2D eigenvalue weighted by Crippen LogP contribution is 2.25. The number of carboxylic acids is 1. The minimum Gasteiger partial charge on any atom is -0.478 e. The summed E-state index contributed by atoms with van der Waals surface area (Å²) in [5.74, 6) is -0.946. The Hall–Kier alpha value is -2.94. The number of rotatable bonds is 3. The maximum atomic E-state index is 11.0. The van der Waals surface area contributed by atoms with E-state index < -0.39 is 5.97 Å². The van der Waals surface area contributed by atoms with Crippen molar-refractivity contribution in [1.29, 1.82) is 0 Å². The molecule has 0 saturated heterocycles. The zero-order valence-electron chi connectivity index (χ0n) is 11.2. The molecule has 0 aliphatic carbocycles. The number of aromatic carboxylic acids is 1. The molecule has 0 radical (unpaired) electrons. The lowest BCUT2D eigenvalue weighted by molar-refractivity contribution is 0.0697. The van der Waals surface area contributed by atoms with Crippen LogP contribution in [0.15, 0.2) is 72.9 Å². The van der Waals surface area contributed by atoms with E-state index in [4.69, 9.17) is 5.11 Å². The van der Waals surface area contributed by atoms with Gasteiger partial charge in [-0.2, -0.15) is 0 Å². The normalized spacial score (nSPS) is 10.3. The Morgan fingerprint density at radius 3 is 2.29 bits per heavy atom. The van der Waals surface area contributed by atoms with Gasteiger partial charge in [-0.15, -0.1) is 0 Å². The molecule has 3 nitrogen and oxygen atoms in total. The summed E-state index contributed by atoms with van der Waals surface area (Å²) in [6, 6.07) is 21.1. The second-order valence-corrected chi connectivity index (χ2v) is 4.68. The van der Waals surface area contributed by atoms with Crippen LogP contribution in [-0.4, -0.2) is 16.1 Å². The first-order valence-corrected chi connectivity index (χ1v) is 6.59. The van der Waals surface area contributed by atoms with Gasteiger partial charge in [-0.1, -0.05) is 48.5 Å². The Balaban J connectivity index is 2.04. The third-order valence-corrected chi connectivity index (χ3v) is 3.27. The fourth-order valence-electron chi connectivity index (χ4n) is 2.21. The van der Waals surface area contributed by atoms with Crippen LogP contribution in [0.1, 0.15) is 10.4 Å². The molecule has 1 N–H and O–H groups in total. The molecule has 1 heterocycles. The highest BCUT2D eigenvalue weighted by Gasteiger charge is 2.07.